The van der Waals surface area contributed by atoms with Gasteiger partial charge in [0.25, 0.3) is 0 Å². The molecule has 508 valence electrons. The van der Waals surface area contributed by atoms with Gasteiger partial charge in [-0.3, -0.25) is 0 Å². The third-order valence-corrected chi connectivity index (χ3v) is 22.2. The molecule has 22 rings (SSSR count). The average molecular weight is 1400 g/mol. The molecule has 10 nitrogen and oxygen atoms in total. The zero-order valence-electron chi connectivity index (χ0n) is 59.0. The highest BCUT2D eigenvalue weighted by atomic mass is 15.0. The van der Waals surface area contributed by atoms with Crippen LogP contribution >= 0.6 is 0 Å². The maximum atomic E-state index is 10.7. The Bertz CT molecular complexity index is 7760. The van der Waals surface area contributed by atoms with Crippen LogP contribution in [0.5, 0.6) is 0 Å². The molecule has 0 unspecified atom stereocenters. The lowest BCUT2D eigenvalue weighted by atomic mass is 9.99. The number of hydrogen-bond acceptors (Lipinski definition) is 2. The van der Waals surface area contributed by atoms with E-state index in [-0.39, 0.29) is 0 Å². The quantitative estimate of drug-likeness (QED) is 0.142. The molecular formula is C100H58N10. The predicted octanol–water partition coefficient (Wildman–Crippen LogP) is 26.1. The molecule has 0 atom stereocenters. The third-order valence-electron chi connectivity index (χ3n) is 22.2. The van der Waals surface area contributed by atoms with Crippen LogP contribution in [0.3, 0.4) is 0 Å². The lowest BCUT2D eigenvalue weighted by Crippen LogP contribution is -2.02. The summed E-state index contributed by atoms with van der Waals surface area (Å²) in [5, 5.41) is 34.3. The van der Waals surface area contributed by atoms with E-state index in [4.69, 9.17) is 13.1 Å². The molecular weight excluding hydrogens is 1340 g/mol. The number of aromatic nitrogens is 6. The van der Waals surface area contributed by atoms with Gasteiger partial charge in [-0.25, -0.2) is 9.69 Å². The molecule has 0 N–H and O–H groups in total. The van der Waals surface area contributed by atoms with Crippen LogP contribution in [0.4, 0.5) is 11.4 Å². The molecule has 22 aromatic rings. The molecule has 16 aromatic carbocycles. The van der Waals surface area contributed by atoms with Crippen molar-refractivity contribution in [3.63, 3.8) is 0 Å². The fraction of sp³-hybridized carbons (Fsp3) is 0. The number of hydrogen-bond donors (Lipinski definition) is 0. The molecule has 0 spiro atoms. The molecule has 0 aliphatic carbocycles. The molecule has 6 heterocycles. The van der Waals surface area contributed by atoms with E-state index in [1.807, 2.05) is 72.8 Å². The lowest BCUT2D eigenvalue weighted by Gasteiger charge is -2.17. The minimum absolute atomic E-state index is 0.593. The van der Waals surface area contributed by atoms with Gasteiger partial charge in [0.1, 0.15) is 6.07 Å². The fourth-order valence-electron chi connectivity index (χ4n) is 17.6. The van der Waals surface area contributed by atoms with Crippen molar-refractivity contribution in [2.24, 2.45) is 0 Å². The van der Waals surface area contributed by atoms with Crippen molar-refractivity contribution in [2.75, 3.05) is 0 Å². The summed E-state index contributed by atoms with van der Waals surface area (Å²) in [6.45, 7) is 15.8. The van der Waals surface area contributed by atoms with E-state index in [2.05, 4.69) is 328 Å². The minimum Gasteiger partial charge on any atom is -0.311 e. The molecule has 0 fully saturated rings. The highest BCUT2D eigenvalue weighted by molar-refractivity contribution is 6.18. The predicted molar refractivity (Wildman–Crippen MR) is 452 cm³/mol. The summed E-state index contributed by atoms with van der Waals surface area (Å²) in [5.41, 5.74) is 25.3. The topological polar surface area (TPSA) is 85.9 Å². The SMILES string of the molecule is [C-]#[N+]c1cccc2c1c1ccccc1n2-c1cccc(-c2ccc(C#N)cc2-n2c3ccccc3c3cc(-n4c5ccccc5c5ccccc54)ccc32)c1.[C-]#[N+]c1cccc2c1c1ccccc1n2-c1cccc(-c2cccc(C#N)c2-n2c3ccccc3c3cc(-n4c5ccccc5c5ccccc54)ccc32)c1. The second-order valence-corrected chi connectivity index (χ2v) is 27.9. The van der Waals surface area contributed by atoms with E-state index < -0.39 is 0 Å². The van der Waals surface area contributed by atoms with Crippen LogP contribution in [-0.4, -0.2) is 27.4 Å². The molecule has 0 bridgehead atoms. The van der Waals surface area contributed by atoms with Gasteiger partial charge in [0.2, 0.25) is 0 Å². The number of nitriles is 2. The van der Waals surface area contributed by atoms with Gasteiger partial charge in [-0.2, -0.15) is 10.5 Å². The highest BCUT2D eigenvalue weighted by Crippen LogP contribution is 2.46. The molecule has 0 amide bonds. The Labute approximate surface area is 630 Å². The van der Waals surface area contributed by atoms with Crippen molar-refractivity contribution in [3.05, 3.63) is 386 Å². The molecule has 0 aliphatic heterocycles. The van der Waals surface area contributed by atoms with Crippen LogP contribution in [0.2, 0.25) is 0 Å². The Kier molecular flexibility index (Phi) is 14.3. The summed E-state index contributed by atoms with van der Waals surface area (Å²) in [7, 11) is 0. The Morgan fingerprint density at radius 1 is 0.236 bits per heavy atom. The van der Waals surface area contributed by atoms with E-state index in [0.717, 1.165) is 155 Å². The van der Waals surface area contributed by atoms with Crippen molar-refractivity contribution in [2.45, 2.75) is 0 Å². The second-order valence-electron chi connectivity index (χ2n) is 27.9. The zero-order valence-corrected chi connectivity index (χ0v) is 59.0. The van der Waals surface area contributed by atoms with Gasteiger partial charge in [0.15, 0.2) is 11.4 Å². The first-order valence-corrected chi connectivity index (χ1v) is 36.6. The first-order valence-electron chi connectivity index (χ1n) is 36.6. The van der Waals surface area contributed by atoms with Crippen LogP contribution in [0, 0.1) is 35.8 Å². The van der Waals surface area contributed by atoms with E-state index in [0.29, 0.717) is 22.5 Å². The van der Waals surface area contributed by atoms with E-state index in [1.54, 1.807) is 0 Å². The summed E-state index contributed by atoms with van der Waals surface area (Å²) < 4.78 is 13.8. The van der Waals surface area contributed by atoms with Crippen LogP contribution in [0.15, 0.2) is 352 Å². The Hall–Kier alpha value is -15.7. The van der Waals surface area contributed by atoms with E-state index >= 15 is 0 Å². The Morgan fingerprint density at radius 2 is 0.573 bits per heavy atom. The molecule has 0 saturated heterocycles. The monoisotopic (exact) mass is 1400 g/mol. The third kappa shape index (κ3) is 9.45. The fourth-order valence-corrected chi connectivity index (χ4v) is 17.6. The first-order chi connectivity index (χ1) is 54.4. The van der Waals surface area contributed by atoms with E-state index in [1.165, 1.54) is 32.6 Å². The molecule has 6 aromatic heterocycles. The van der Waals surface area contributed by atoms with Crippen LogP contribution < -0.4 is 0 Å². The summed E-state index contributed by atoms with van der Waals surface area (Å²) in [6.07, 6.45) is 0. The largest absolute Gasteiger partial charge is 0.311 e. The highest BCUT2D eigenvalue weighted by Gasteiger charge is 2.25. The summed E-state index contributed by atoms with van der Waals surface area (Å²) in [4.78, 5) is 7.76. The number of fused-ring (bicyclic) bond motifs is 18. The zero-order chi connectivity index (χ0) is 73.2. The van der Waals surface area contributed by atoms with Crippen molar-refractivity contribution in [1.29, 1.82) is 10.5 Å². The Balaban J connectivity index is 0.000000140. The normalized spacial score (nSPS) is 11.6. The van der Waals surface area contributed by atoms with Crippen LogP contribution in [0.25, 0.3) is 197 Å². The van der Waals surface area contributed by atoms with Crippen molar-refractivity contribution in [3.8, 4) is 68.5 Å². The molecule has 0 aliphatic rings. The van der Waals surface area contributed by atoms with Crippen molar-refractivity contribution < 1.29 is 0 Å². The van der Waals surface area contributed by atoms with Gasteiger partial charge in [0.05, 0.1) is 96.9 Å². The van der Waals surface area contributed by atoms with Crippen molar-refractivity contribution >= 4 is 142 Å². The van der Waals surface area contributed by atoms with Gasteiger partial charge in [-0.1, -0.05) is 212 Å². The molecule has 0 radical (unpaired) electrons. The molecule has 10 heteroatoms. The van der Waals surface area contributed by atoms with Gasteiger partial charge >= 0.3 is 0 Å². The number of para-hydroxylation sites is 9. The van der Waals surface area contributed by atoms with Gasteiger partial charge < -0.3 is 27.4 Å². The number of nitrogens with zero attached hydrogens (tertiary/aromatic N) is 10. The van der Waals surface area contributed by atoms with Crippen LogP contribution in [0.1, 0.15) is 11.1 Å². The van der Waals surface area contributed by atoms with Crippen molar-refractivity contribution in [1.82, 2.24) is 27.4 Å². The maximum absolute atomic E-state index is 10.7. The van der Waals surface area contributed by atoms with Gasteiger partial charge in [-0.15, -0.1) is 0 Å². The minimum atomic E-state index is 0.593. The average Bonchev–Trinajstić information content (AvgIpc) is 1.62. The maximum Gasteiger partial charge on any atom is 0.197 e. The van der Waals surface area contributed by atoms with Gasteiger partial charge in [-0.05, 0) is 161 Å². The van der Waals surface area contributed by atoms with Gasteiger partial charge in [0, 0.05) is 98.8 Å². The van der Waals surface area contributed by atoms with Crippen LogP contribution in [-0.2, 0) is 0 Å². The summed E-state index contributed by atoms with van der Waals surface area (Å²) >= 11 is 0. The van der Waals surface area contributed by atoms with E-state index in [9.17, 15) is 10.5 Å². The number of benzene rings is 16. The smallest absolute Gasteiger partial charge is 0.197 e. The lowest BCUT2D eigenvalue weighted by molar-refractivity contribution is 1.15. The number of rotatable bonds is 8. The Morgan fingerprint density at radius 3 is 1.01 bits per heavy atom. The standard InChI is InChI=1S/2C50H29N5/c1-52-42-21-12-26-48-49(42)40-19-5-9-25-46(40)54(48)34-15-10-13-32(29-34)36-20-11-14-33(31-51)50(36)55-45-24-8-4-18-39(45)41-30-35(27-28-47(41)55)53-43-22-6-2-16-37(43)38-17-3-7-23-44(38)53;1-52-42-18-11-23-48-50(42)40-17-5-9-22-46(40)54(48)34-13-10-12-33(29-34)36-26-24-32(31-51)28-49(36)55-45-21-8-4-16-39(45)41-30-35(25-27-47(41)55)53-43-19-6-2-14-37(43)38-15-3-7-20-44(38)53/h2*2-30H. The summed E-state index contributed by atoms with van der Waals surface area (Å²) in [6, 6.07) is 127. The molecule has 0 saturated carbocycles. The summed E-state index contributed by atoms with van der Waals surface area (Å²) in [5.74, 6) is 0. The molecule has 110 heavy (non-hydrogen) atoms. The second kappa shape index (κ2) is 25.0. The first kappa shape index (κ1) is 62.8.